The third-order valence-electron chi connectivity index (χ3n) is 6.67. The molecule has 0 unspecified atom stereocenters. The molecular formula is C26H30N6O4S. The highest BCUT2D eigenvalue weighted by atomic mass is 32.1. The smallest absolute Gasteiger partial charge is 0.406 e. The van der Waals surface area contributed by atoms with Gasteiger partial charge in [-0.2, -0.15) is 0 Å². The Balaban J connectivity index is 1.45. The zero-order valence-electron chi connectivity index (χ0n) is 21.3. The van der Waals surface area contributed by atoms with Crippen molar-refractivity contribution in [1.29, 1.82) is 0 Å². The van der Waals surface area contributed by atoms with Gasteiger partial charge in [-0.3, -0.25) is 9.79 Å². The van der Waals surface area contributed by atoms with Gasteiger partial charge in [0.2, 0.25) is 5.91 Å². The number of nitrogens with one attached hydrogen (secondary N) is 2. The van der Waals surface area contributed by atoms with E-state index >= 15 is 0 Å². The minimum absolute atomic E-state index is 0.00369. The molecule has 1 aliphatic heterocycles. The molecule has 10 nitrogen and oxygen atoms in total. The summed E-state index contributed by atoms with van der Waals surface area (Å²) >= 11 is 1.64. The second-order valence-electron chi connectivity index (χ2n) is 9.52. The Morgan fingerprint density at radius 1 is 1.27 bits per heavy atom. The van der Waals surface area contributed by atoms with Crippen LogP contribution in [0.4, 0.5) is 16.3 Å². The van der Waals surface area contributed by atoms with Crippen LogP contribution < -0.4 is 15.4 Å². The molecule has 2 amide bonds. The highest BCUT2D eigenvalue weighted by Gasteiger charge is 2.30. The zero-order valence-corrected chi connectivity index (χ0v) is 22.1. The normalized spacial score (nSPS) is 16.6. The monoisotopic (exact) mass is 522 g/mol. The Kier molecular flexibility index (Phi) is 6.96. The molecule has 5 rings (SSSR count). The van der Waals surface area contributed by atoms with Crippen LogP contribution in [0, 0.1) is 5.92 Å². The number of rotatable bonds is 7. The van der Waals surface area contributed by atoms with Crippen LogP contribution in [-0.2, 0) is 28.9 Å². The summed E-state index contributed by atoms with van der Waals surface area (Å²) in [7, 11) is 4.95. The molecule has 1 aromatic carbocycles. The molecule has 0 spiro atoms. The third-order valence-corrected chi connectivity index (χ3v) is 7.83. The van der Waals surface area contributed by atoms with Gasteiger partial charge in [-0.05, 0) is 55.0 Å². The number of hydrogen-bond acceptors (Lipinski definition) is 9. The predicted octanol–water partition coefficient (Wildman–Crippen LogP) is 3.68. The van der Waals surface area contributed by atoms with E-state index in [1.165, 1.54) is 17.6 Å². The summed E-state index contributed by atoms with van der Waals surface area (Å²) in [5.41, 5.74) is 4.07. The summed E-state index contributed by atoms with van der Waals surface area (Å²) < 4.78 is 10.9. The summed E-state index contributed by atoms with van der Waals surface area (Å²) in [6, 6.07) is 4.00. The van der Waals surface area contributed by atoms with E-state index in [-0.39, 0.29) is 17.9 Å². The van der Waals surface area contributed by atoms with Gasteiger partial charge in [0.1, 0.15) is 28.8 Å². The first-order valence-corrected chi connectivity index (χ1v) is 13.0. The summed E-state index contributed by atoms with van der Waals surface area (Å²) in [6.45, 7) is 2.78. The number of ether oxygens (including phenoxy) is 2. The van der Waals surface area contributed by atoms with Crippen LogP contribution >= 0.6 is 11.3 Å². The third kappa shape index (κ3) is 5.08. The number of methoxy groups -OCH3 is 1. The van der Waals surface area contributed by atoms with Gasteiger partial charge in [0.25, 0.3) is 0 Å². The molecule has 0 radical (unpaired) electrons. The van der Waals surface area contributed by atoms with E-state index in [2.05, 4.69) is 30.3 Å². The molecule has 1 aliphatic carbocycles. The maximum atomic E-state index is 12.6. The summed E-state index contributed by atoms with van der Waals surface area (Å²) in [4.78, 5) is 41.4. The zero-order chi connectivity index (χ0) is 26.1. The van der Waals surface area contributed by atoms with Crippen molar-refractivity contribution < 1.29 is 19.1 Å². The van der Waals surface area contributed by atoms with Crippen molar-refractivity contribution in [3.8, 4) is 5.75 Å². The molecule has 11 heteroatoms. The Morgan fingerprint density at radius 2 is 2.11 bits per heavy atom. The van der Waals surface area contributed by atoms with E-state index in [1.54, 1.807) is 22.6 Å². The van der Waals surface area contributed by atoms with Gasteiger partial charge in [0, 0.05) is 31.1 Å². The molecule has 3 aromatic rings. The van der Waals surface area contributed by atoms with Crippen LogP contribution in [0.3, 0.4) is 0 Å². The molecule has 37 heavy (non-hydrogen) atoms. The van der Waals surface area contributed by atoms with Crippen LogP contribution in [0.25, 0.3) is 10.2 Å². The quantitative estimate of drug-likeness (QED) is 0.486. The number of anilines is 2. The Bertz CT molecular complexity index is 1390. The lowest BCUT2D eigenvalue weighted by atomic mass is 9.87. The average Bonchev–Trinajstić information content (AvgIpc) is 3.50. The molecular weight excluding hydrogens is 492 g/mol. The van der Waals surface area contributed by atoms with Crippen LogP contribution in [0.5, 0.6) is 5.75 Å². The first-order valence-electron chi connectivity index (χ1n) is 12.2. The van der Waals surface area contributed by atoms with Crippen LogP contribution in [0.15, 0.2) is 23.5 Å². The molecule has 0 bridgehead atoms. The van der Waals surface area contributed by atoms with Crippen LogP contribution in [0.2, 0.25) is 0 Å². The fraction of sp³-hybridized carbons (Fsp3) is 0.423. The minimum atomic E-state index is -0.503. The average molecular weight is 523 g/mol. The number of fused-ring (bicyclic) bond motifs is 4. The molecule has 0 fully saturated rings. The molecule has 194 valence electrons. The van der Waals surface area contributed by atoms with E-state index in [9.17, 15) is 9.59 Å². The van der Waals surface area contributed by atoms with E-state index in [4.69, 9.17) is 4.74 Å². The van der Waals surface area contributed by atoms with Crippen molar-refractivity contribution in [2.24, 2.45) is 10.9 Å². The van der Waals surface area contributed by atoms with E-state index in [1.807, 2.05) is 39.4 Å². The fourth-order valence-corrected chi connectivity index (χ4v) is 6.07. The number of aromatic nitrogens is 2. The van der Waals surface area contributed by atoms with E-state index in [0.29, 0.717) is 24.7 Å². The first-order chi connectivity index (χ1) is 17.8. The van der Waals surface area contributed by atoms with Gasteiger partial charge in [-0.1, -0.05) is 0 Å². The lowest BCUT2D eigenvalue weighted by Gasteiger charge is -2.24. The molecule has 2 atom stereocenters. The fourth-order valence-electron chi connectivity index (χ4n) is 4.80. The molecule has 0 saturated carbocycles. The van der Waals surface area contributed by atoms with Gasteiger partial charge < -0.3 is 25.0 Å². The summed E-state index contributed by atoms with van der Waals surface area (Å²) in [6.07, 6.45) is 4.95. The highest BCUT2D eigenvalue weighted by molar-refractivity contribution is 7.19. The Labute approximate surface area is 219 Å². The summed E-state index contributed by atoms with van der Waals surface area (Å²) in [5.74, 6) is 1.52. The largest absolute Gasteiger partial charge is 0.487 e. The van der Waals surface area contributed by atoms with E-state index in [0.717, 1.165) is 46.3 Å². The molecule has 2 N–H and O–H groups in total. The van der Waals surface area contributed by atoms with Crippen molar-refractivity contribution in [2.45, 2.75) is 38.8 Å². The van der Waals surface area contributed by atoms with Crippen molar-refractivity contribution in [3.05, 3.63) is 40.0 Å². The molecule has 0 saturated heterocycles. The number of amides is 2. The molecule has 2 aromatic heterocycles. The van der Waals surface area contributed by atoms with Gasteiger partial charge >= 0.3 is 6.09 Å². The van der Waals surface area contributed by atoms with Gasteiger partial charge in [0.15, 0.2) is 0 Å². The number of alkyl carbamates (subject to hydrolysis) is 1. The van der Waals surface area contributed by atoms with Crippen LogP contribution in [-0.4, -0.2) is 66.9 Å². The van der Waals surface area contributed by atoms with E-state index < -0.39 is 6.09 Å². The number of carbonyl (C=O) groups is 2. The number of thiophene rings is 1. The van der Waals surface area contributed by atoms with Crippen molar-refractivity contribution >= 4 is 51.3 Å². The topological polar surface area (TPSA) is 118 Å². The second-order valence-corrected chi connectivity index (χ2v) is 10.6. The maximum absolute atomic E-state index is 12.6. The number of aliphatic imine (C=N–C) groups is 1. The van der Waals surface area contributed by atoms with Crippen molar-refractivity contribution in [1.82, 2.24) is 20.2 Å². The standard InChI is InChI=1S/C26H30N6O4S/c1-14(10-28-26(34)35-4)36-20-8-17-12-27-11-16(17)7-19(20)31-23-22-18-6-5-15(25(33)32(2)3)9-21(18)37-24(22)30-13-29-23/h7-8,11,13-15H,5-6,9-10,12H2,1-4H3,(H,28,34)(H,29,30,31)/t14-,15+/m1/s1. The number of hydrogen-bond donors (Lipinski definition) is 2. The van der Waals surface area contributed by atoms with Crippen molar-refractivity contribution in [3.63, 3.8) is 0 Å². The number of carbonyl (C=O) groups excluding carboxylic acids is 2. The Morgan fingerprint density at radius 3 is 2.89 bits per heavy atom. The highest BCUT2D eigenvalue weighted by Crippen LogP contribution is 2.42. The Hall–Kier alpha value is -3.73. The van der Waals surface area contributed by atoms with Crippen molar-refractivity contribution in [2.75, 3.05) is 33.1 Å². The number of benzene rings is 1. The number of aryl methyl sites for hydroxylation is 1. The predicted molar refractivity (Wildman–Crippen MR) is 143 cm³/mol. The SMILES string of the molecule is COC(=O)NC[C@@H](C)Oc1cc2c(cc1Nc1ncnc3sc4c(c13)CC[C@H](C(=O)N(C)C)C4)C=NC2. The van der Waals surface area contributed by atoms with Gasteiger partial charge in [-0.15, -0.1) is 11.3 Å². The lowest BCUT2D eigenvalue weighted by molar-refractivity contribution is -0.133. The van der Waals surface area contributed by atoms with Gasteiger partial charge in [0.05, 0.1) is 31.3 Å². The first kappa shape index (κ1) is 24.9. The summed E-state index contributed by atoms with van der Waals surface area (Å²) in [5, 5.41) is 7.17. The second kappa shape index (κ2) is 10.3. The van der Waals surface area contributed by atoms with Crippen LogP contribution in [0.1, 0.15) is 34.9 Å². The molecule has 2 aliphatic rings. The minimum Gasteiger partial charge on any atom is -0.487 e. The maximum Gasteiger partial charge on any atom is 0.406 e. The van der Waals surface area contributed by atoms with Gasteiger partial charge in [-0.25, -0.2) is 14.8 Å². The molecule has 3 heterocycles. The lowest BCUT2D eigenvalue weighted by Crippen LogP contribution is -2.33. The number of nitrogens with zero attached hydrogens (tertiary/aromatic N) is 4.